The Kier molecular flexibility index (Phi) is 5.21. The molecule has 0 amide bonds. The predicted molar refractivity (Wildman–Crippen MR) is 97.0 cm³/mol. The molecule has 0 aliphatic carbocycles. The summed E-state index contributed by atoms with van der Waals surface area (Å²) in [6, 6.07) is 12.5. The maximum Gasteiger partial charge on any atom is 0.181 e. The first kappa shape index (κ1) is 17.3. The smallest absolute Gasteiger partial charge is 0.181 e. The van der Waals surface area contributed by atoms with Crippen LogP contribution in [0, 0.1) is 0 Å². The van der Waals surface area contributed by atoms with Crippen molar-refractivity contribution in [2.24, 2.45) is 5.73 Å². The molecule has 2 aromatic carbocycles. The first-order valence-electron chi connectivity index (χ1n) is 7.87. The molecule has 130 valence electrons. The fourth-order valence-corrected chi connectivity index (χ4v) is 2.67. The van der Waals surface area contributed by atoms with Crippen molar-refractivity contribution in [1.29, 1.82) is 0 Å². The highest BCUT2D eigenvalue weighted by Crippen LogP contribution is 2.31. The summed E-state index contributed by atoms with van der Waals surface area (Å²) in [5.74, 6) is 2.41. The highest BCUT2D eigenvalue weighted by Gasteiger charge is 2.17. The van der Waals surface area contributed by atoms with Gasteiger partial charge in [0.1, 0.15) is 5.82 Å². The third kappa shape index (κ3) is 3.75. The van der Waals surface area contributed by atoms with E-state index in [1.807, 2.05) is 37.3 Å². The van der Waals surface area contributed by atoms with Gasteiger partial charge in [-0.15, -0.1) is 0 Å². The van der Waals surface area contributed by atoms with Gasteiger partial charge in [0.25, 0.3) is 0 Å². The topological polar surface area (TPSA) is 86.0 Å². The van der Waals surface area contributed by atoms with Crippen LogP contribution in [-0.2, 0) is 0 Å². The Morgan fingerprint density at radius 3 is 2.76 bits per heavy atom. The maximum absolute atomic E-state index is 6.34. The Balaban J connectivity index is 1.89. The van der Waals surface area contributed by atoms with Crippen LogP contribution in [0.5, 0.6) is 11.5 Å². The molecular formula is C18H19ClN4O2. The van der Waals surface area contributed by atoms with Crippen molar-refractivity contribution in [2.45, 2.75) is 13.0 Å². The summed E-state index contributed by atoms with van der Waals surface area (Å²) >= 11 is 6.02. The Morgan fingerprint density at radius 1 is 1.20 bits per heavy atom. The molecule has 3 aromatic rings. The van der Waals surface area contributed by atoms with E-state index in [2.05, 4.69) is 15.2 Å². The molecule has 0 saturated carbocycles. The van der Waals surface area contributed by atoms with Crippen molar-refractivity contribution in [3.8, 4) is 22.9 Å². The van der Waals surface area contributed by atoms with Crippen molar-refractivity contribution < 1.29 is 9.47 Å². The molecular weight excluding hydrogens is 340 g/mol. The summed E-state index contributed by atoms with van der Waals surface area (Å²) in [7, 11) is 1.60. The van der Waals surface area contributed by atoms with Gasteiger partial charge in [-0.2, -0.15) is 5.10 Å². The van der Waals surface area contributed by atoms with Gasteiger partial charge in [0, 0.05) is 10.6 Å². The number of benzene rings is 2. The molecule has 1 heterocycles. The van der Waals surface area contributed by atoms with Crippen LogP contribution in [-0.4, -0.2) is 28.9 Å². The van der Waals surface area contributed by atoms with Gasteiger partial charge >= 0.3 is 0 Å². The zero-order valence-electron chi connectivity index (χ0n) is 14.0. The third-order valence-electron chi connectivity index (χ3n) is 3.73. The molecule has 1 atom stereocenters. The van der Waals surface area contributed by atoms with Gasteiger partial charge in [-0.25, -0.2) is 4.98 Å². The van der Waals surface area contributed by atoms with Crippen molar-refractivity contribution in [3.63, 3.8) is 0 Å². The van der Waals surface area contributed by atoms with E-state index in [9.17, 15) is 0 Å². The van der Waals surface area contributed by atoms with Gasteiger partial charge in [0.05, 0.1) is 19.8 Å². The zero-order chi connectivity index (χ0) is 17.8. The van der Waals surface area contributed by atoms with Gasteiger partial charge in [0.15, 0.2) is 17.3 Å². The molecule has 1 aromatic heterocycles. The number of hydrogen-bond donors (Lipinski definition) is 2. The lowest BCUT2D eigenvalue weighted by Gasteiger charge is -2.14. The molecule has 1 unspecified atom stereocenters. The quantitative estimate of drug-likeness (QED) is 0.703. The standard InChI is InChI=1S/C18H19ClN4O2/c1-3-25-15-10-11(7-8-14(15)24-2)16(20)18-21-17(22-23-18)12-5-4-6-13(19)9-12/h4-10,16H,3,20H2,1-2H3,(H,21,22,23). The van der Waals surface area contributed by atoms with E-state index >= 15 is 0 Å². The van der Waals surface area contributed by atoms with Crippen LogP contribution < -0.4 is 15.2 Å². The average molecular weight is 359 g/mol. The number of nitrogens with one attached hydrogen (secondary N) is 1. The summed E-state index contributed by atoms with van der Waals surface area (Å²) in [6.07, 6.45) is 0. The van der Waals surface area contributed by atoms with Crippen molar-refractivity contribution in [2.75, 3.05) is 13.7 Å². The Bertz CT molecular complexity index is 866. The number of halogens is 1. The maximum atomic E-state index is 6.34. The van der Waals surface area contributed by atoms with E-state index in [0.717, 1.165) is 11.1 Å². The number of H-pyrrole nitrogens is 1. The van der Waals surface area contributed by atoms with Crippen LogP contribution in [0.4, 0.5) is 0 Å². The minimum Gasteiger partial charge on any atom is -0.493 e. The summed E-state index contributed by atoms with van der Waals surface area (Å²) in [6.45, 7) is 2.45. The van der Waals surface area contributed by atoms with E-state index in [0.29, 0.717) is 34.8 Å². The van der Waals surface area contributed by atoms with Crippen LogP contribution in [0.25, 0.3) is 11.4 Å². The molecule has 0 fully saturated rings. The number of methoxy groups -OCH3 is 1. The Morgan fingerprint density at radius 2 is 2.04 bits per heavy atom. The van der Waals surface area contributed by atoms with E-state index in [4.69, 9.17) is 26.8 Å². The monoisotopic (exact) mass is 358 g/mol. The number of ether oxygens (including phenoxy) is 2. The first-order valence-corrected chi connectivity index (χ1v) is 8.24. The summed E-state index contributed by atoms with van der Waals surface area (Å²) in [5.41, 5.74) is 8.01. The SMILES string of the molecule is CCOc1cc(C(N)c2nc(-c3cccc(Cl)c3)n[nH]2)ccc1OC. The number of rotatable bonds is 6. The number of hydrogen-bond acceptors (Lipinski definition) is 5. The molecule has 6 nitrogen and oxygen atoms in total. The number of aromatic amines is 1. The molecule has 0 aliphatic heterocycles. The van der Waals surface area contributed by atoms with Crippen molar-refractivity contribution in [1.82, 2.24) is 15.2 Å². The molecule has 7 heteroatoms. The molecule has 0 saturated heterocycles. The highest BCUT2D eigenvalue weighted by atomic mass is 35.5. The number of aromatic nitrogens is 3. The second kappa shape index (κ2) is 7.55. The molecule has 0 radical (unpaired) electrons. The van der Waals surface area contributed by atoms with Crippen LogP contribution in [0.1, 0.15) is 24.4 Å². The van der Waals surface area contributed by atoms with Gasteiger partial charge in [-0.05, 0) is 36.8 Å². The Hall–Kier alpha value is -2.57. The molecule has 0 aliphatic rings. The van der Waals surface area contributed by atoms with Crippen molar-refractivity contribution >= 4 is 11.6 Å². The van der Waals surface area contributed by atoms with Gasteiger partial charge in [-0.3, -0.25) is 5.10 Å². The van der Waals surface area contributed by atoms with Gasteiger partial charge in [0.2, 0.25) is 0 Å². The third-order valence-corrected chi connectivity index (χ3v) is 3.96. The normalized spacial score (nSPS) is 12.0. The van der Waals surface area contributed by atoms with E-state index in [-0.39, 0.29) is 0 Å². The fourth-order valence-electron chi connectivity index (χ4n) is 2.48. The lowest BCUT2D eigenvalue weighted by atomic mass is 10.1. The summed E-state index contributed by atoms with van der Waals surface area (Å²) < 4.78 is 10.9. The fraction of sp³-hybridized carbons (Fsp3) is 0.222. The van der Waals surface area contributed by atoms with E-state index < -0.39 is 6.04 Å². The highest BCUT2D eigenvalue weighted by molar-refractivity contribution is 6.30. The van der Waals surface area contributed by atoms with Crippen LogP contribution in [0.2, 0.25) is 5.02 Å². The summed E-state index contributed by atoms with van der Waals surface area (Å²) in [4.78, 5) is 4.49. The zero-order valence-corrected chi connectivity index (χ0v) is 14.7. The molecule has 25 heavy (non-hydrogen) atoms. The minimum absolute atomic E-state index is 0.467. The minimum atomic E-state index is -0.467. The lowest BCUT2D eigenvalue weighted by molar-refractivity contribution is 0.310. The van der Waals surface area contributed by atoms with Gasteiger partial charge < -0.3 is 15.2 Å². The molecule has 3 N–H and O–H groups in total. The second-order valence-electron chi connectivity index (χ2n) is 5.38. The average Bonchev–Trinajstić information content (AvgIpc) is 3.11. The predicted octanol–water partition coefficient (Wildman–Crippen LogP) is 3.58. The van der Waals surface area contributed by atoms with Crippen LogP contribution in [0.15, 0.2) is 42.5 Å². The van der Waals surface area contributed by atoms with Crippen LogP contribution in [0.3, 0.4) is 0 Å². The second-order valence-corrected chi connectivity index (χ2v) is 5.81. The molecule has 0 spiro atoms. The lowest BCUT2D eigenvalue weighted by Crippen LogP contribution is -2.14. The number of nitrogens with zero attached hydrogens (tertiary/aromatic N) is 2. The van der Waals surface area contributed by atoms with Gasteiger partial charge in [-0.1, -0.05) is 29.8 Å². The molecule has 0 bridgehead atoms. The number of nitrogens with two attached hydrogens (primary N) is 1. The van der Waals surface area contributed by atoms with E-state index in [1.165, 1.54) is 0 Å². The summed E-state index contributed by atoms with van der Waals surface area (Å²) in [5, 5.41) is 7.77. The largest absolute Gasteiger partial charge is 0.493 e. The molecule has 3 rings (SSSR count). The van der Waals surface area contributed by atoms with E-state index in [1.54, 1.807) is 19.2 Å². The first-order chi connectivity index (χ1) is 12.1. The van der Waals surface area contributed by atoms with Crippen molar-refractivity contribution in [3.05, 3.63) is 58.9 Å². The Labute approximate surface area is 150 Å². The van der Waals surface area contributed by atoms with Crippen LogP contribution >= 0.6 is 11.6 Å².